The first kappa shape index (κ1) is 20.6. The summed E-state index contributed by atoms with van der Waals surface area (Å²) in [6.45, 7) is 0.468. The fraction of sp³-hybridized carbons (Fsp3) is 0.158. The molecule has 2 aromatic rings. The molecule has 8 nitrogen and oxygen atoms in total. The molecule has 0 radical (unpaired) electrons. The molecule has 0 fully saturated rings. The molecule has 2 rings (SSSR count). The minimum absolute atomic E-state index is 0.205. The molecule has 0 heterocycles. The number of nitrogens with one attached hydrogen (secondary N) is 3. The maximum atomic E-state index is 12.8. The van der Waals surface area contributed by atoms with Crippen molar-refractivity contribution in [2.24, 2.45) is 0 Å². The minimum atomic E-state index is -0.722. The van der Waals surface area contributed by atoms with Gasteiger partial charge in [0.2, 0.25) is 11.8 Å². The van der Waals surface area contributed by atoms with Gasteiger partial charge in [0, 0.05) is 18.3 Å². The molecule has 0 aliphatic carbocycles. The lowest BCUT2D eigenvalue weighted by Gasteiger charge is -2.08. The van der Waals surface area contributed by atoms with Crippen LogP contribution in [0.1, 0.15) is 17.3 Å². The Morgan fingerprint density at radius 2 is 1.43 bits per heavy atom. The SMILES string of the molecule is CC(=O)Nc1ccc(C(=O)OCC(=O)NCC(=O)Nc2ccc(F)cc2)cc1. The number of rotatable bonds is 7. The molecule has 0 aromatic heterocycles. The fourth-order valence-corrected chi connectivity index (χ4v) is 2.08. The highest BCUT2D eigenvalue weighted by Gasteiger charge is 2.11. The van der Waals surface area contributed by atoms with Gasteiger partial charge in [-0.05, 0) is 48.5 Å². The van der Waals surface area contributed by atoms with Crippen LogP contribution in [-0.4, -0.2) is 36.8 Å². The highest BCUT2D eigenvalue weighted by atomic mass is 19.1. The molecule has 0 spiro atoms. The second kappa shape index (κ2) is 9.81. The van der Waals surface area contributed by atoms with E-state index in [2.05, 4.69) is 16.0 Å². The second-order valence-electron chi connectivity index (χ2n) is 5.67. The maximum Gasteiger partial charge on any atom is 0.338 e. The van der Waals surface area contributed by atoms with Gasteiger partial charge in [-0.15, -0.1) is 0 Å². The average Bonchev–Trinajstić information content (AvgIpc) is 2.66. The summed E-state index contributed by atoms with van der Waals surface area (Å²) < 4.78 is 17.7. The number of carbonyl (C=O) groups excluding carboxylic acids is 4. The van der Waals surface area contributed by atoms with Crippen molar-refractivity contribution < 1.29 is 28.3 Å². The van der Waals surface area contributed by atoms with Gasteiger partial charge in [0.25, 0.3) is 5.91 Å². The Morgan fingerprint density at radius 3 is 2.04 bits per heavy atom. The number of hydrogen-bond acceptors (Lipinski definition) is 5. The molecule has 0 unspecified atom stereocenters. The highest BCUT2D eigenvalue weighted by Crippen LogP contribution is 2.10. The van der Waals surface area contributed by atoms with E-state index < -0.39 is 30.2 Å². The normalized spacial score (nSPS) is 9.93. The summed E-state index contributed by atoms with van der Waals surface area (Å²) in [6.07, 6.45) is 0. The van der Waals surface area contributed by atoms with E-state index in [4.69, 9.17) is 4.74 Å². The summed E-state index contributed by atoms with van der Waals surface area (Å²) >= 11 is 0. The smallest absolute Gasteiger partial charge is 0.338 e. The first-order valence-electron chi connectivity index (χ1n) is 8.20. The lowest BCUT2D eigenvalue weighted by molar-refractivity contribution is -0.126. The Bertz CT molecular complexity index is 866. The Hall–Kier alpha value is -3.75. The summed E-state index contributed by atoms with van der Waals surface area (Å²) in [5, 5.41) is 7.33. The van der Waals surface area contributed by atoms with E-state index in [1.165, 1.54) is 55.5 Å². The van der Waals surface area contributed by atoms with Crippen LogP contribution in [-0.2, 0) is 19.1 Å². The molecule has 2 aromatic carbocycles. The fourth-order valence-electron chi connectivity index (χ4n) is 2.08. The van der Waals surface area contributed by atoms with Crippen molar-refractivity contribution in [3.05, 3.63) is 59.9 Å². The number of esters is 1. The van der Waals surface area contributed by atoms with E-state index in [1.54, 1.807) is 0 Å². The number of hydrogen-bond donors (Lipinski definition) is 3. The molecule has 9 heteroatoms. The van der Waals surface area contributed by atoms with E-state index in [1.807, 2.05) is 0 Å². The quantitative estimate of drug-likeness (QED) is 0.626. The van der Waals surface area contributed by atoms with Gasteiger partial charge >= 0.3 is 5.97 Å². The van der Waals surface area contributed by atoms with Gasteiger partial charge in [0.1, 0.15) is 5.82 Å². The predicted molar refractivity (Wildman–Crippen MR) is 99.1 cm³/mol. The van der Waals surface area contributed by atoms with Crippen molar-refractivity contribution in [1.29, 1.82) is 0 Å². The summed E-state index contributed by atoms with van der Waals surface area (Å²) in [5.74, 6) is -2.56. The molecule has 0 aliphatic rings. The van der Waals surface area contributed by atoms with Gasteiger partial charge < -0.3 is 20.7 Å². The van der Waals surface area contributed by atoms with Crippen LogP contribution in [0.5, 0.6) is 0 Å². The van der Waals surface area contributed by atoms with Crippen molar-refractivity contribution in [2.45, 2.75) is 6.92 Å². The maximum absolute atomic E-state index is 12.8. The van der Waals surface area contributed by atoms with Gasteiger partial charge in [-0.25, -0.2) is 9.18 Å². The van der Waals surface area contributed by atoms with Crippen LogP contribution >= 0.6 is 0 Å². The third kappa shape index (κ3) is 6.87. The number of halogens is 1. The van der Waals surface area contributed by atoms with Gasteiger partial charge in [-0.2, -0.15) is 0 Å². The molecule has 3 amide bonds. The monoisotopic (exact) mass is 387 g/mol. The van der Waals surface area contributed by atoms with Crippen LogP contribution in [0.3, 0.4) is 0 Å². The van der Waals surface area contributed by atoms with Crippen LogP contribution in [0, 0.1) is 5.82 Å². The number of ether oxygens (including phenoxy) is 1. The van der Waals surface area contributed by atoms with Crippen LogP contribution in [0.4, 0.5) is 15.8 Å². The molecule has 0 saturated carbocycles. The molecule has 0 aliphatic heterocycles. The summed E-state index contributed by atoms with van der Waals surface area (Å²) in [4.78, 5) is 46.2. The van der Waals surface area contributed by atoms with Crippen molar-refractivity contribution >= 4 is 35.1 Å². The molecule has 0 bridgehead atoms. The highest BCUT2D eigenvalue weighted by molar-refractivity contribution is 5.96. The third-order valence-electron chi connectivity index (χ3n) is 3.35. The van der Waals surface area contributed by atoms with E-state index in [9.17, 15) is 23.6 Å². The predicted octanol–water partition coefficient (Wildman–Crippen LogP) is 1.70. The number of benzene rings is 2. The van der Waals surface area contributed by atoms with E-state index in [0.29, 0.717) is 11.4 Å². The van der Waals surface area contributed by atoms with E-state index in [-0.39, 0.29) is 18.0 Å². The Balaban J connectivity index is 1.72. The van der Waals surface area contributed by atoms with Crippen molar-refractivity contribution in [3.8, 4) is 0 Å². The largest absolute Gasteiger partial charge is 0.452 e. The van der Waals surface area contributed by atoms with Crippen LogP contribution in [0.2, 0.25) is 0 Å². The zero-order valence-corrected chi connectivity index (χ0v) is 15.0. The Kier molecular flexibility index (Phi) is 7.21. The van der Waals surface area contributed by atoms with Crippen LogP contribution in [0.15, 0.2) is 48.5 Å². The summed E-state index contributed by atoms with van der Waals surface area (Å²) in [6, 6.07) is 11.1. The van der Waals surface area contributed by atoms with Crippen molar-refractivity contribution in [3.63, 3.8) is 0 Å². The number of carbonyl (C=O) groups is 4. The molecular weight excluding hydrogens is 369 g/mol. The van der Waals surface area contributed by atoms with Gasteiger partial charge in [0.05, 0.1) is 12.1 Å². The van der Waals surface area contributed by atoms with E-state index >= 15 is 0 Å². The van der Waals surface area contributed by atoms with Gasteiger partial charge in [-0.1, -0.05) is 0 Å². The zero-order chi connectivity index (χ0) is 20.5. The molecule has 146 valence electrons. The van der Waals surface area contributed by atoms with Gasteiger partial charge in [0.15, 0.2) is 6.61 Å². The zero-order valence-electron chi connectivity index (χ0n) is 15.0. The number of amides is 3. The molecule has 0 atom stereocenters. The Labute approximate surface area is 160 Å². The molecular formula is C19H18FN3O5. The van der Waals surface area contributed by atoms with E-state index in [0.717, 1.165) is 0 Å². The molecule has 0 saturated heterocycles. The average molecular weight is 387 g/mol. The minimum Gasteiger partial charge on any atom is -0.452 e. The van der Waals surface area contributed by atoms with Gasteiger partial charge in [-0.3, -0.25) is 14.4 Å². The van der Waals surface area contributed by atoms with Crippen molar-refractivity contribution in [1.82, 2.24) is 5.32 Å². The summed E-state index contributed by atoms with van der Waals surface area (Å²) in [5.41, 5.74) is 1.11. The second-order valence-corrected chi connectivity index (χ2v) is 5.67. The van der Waals surface area contributed by atoms with Crippen LogP contribution < -0.4 is 16.0 Å². The Morgan fingerprint density at radius 1 is 0.857 bits per heavy atom. The topological polar surface area (TPSA) is 114 Å². The third-order valence-corrected chi connectivity index (χ3v) is 3.35. The first-order chi connectivity index (χ1) is 13.3. The standard InChI is InChI=1S/C19H18FN3O5/c1-12(24)22-15-6-2-13(3-7-15)19(27)28-11-18(26)21-10-17(25)23-16-8-4-14(20)5-9-16/h2-9H,10-11H2,1H3,(H,21,26)(H,22,24)(H,23,25). The summed E-state index contributed by atoms with van der Waals surface area (Å²) in [7, 11) is 0. The lowest BCUT2D eigenvalue weighted by atomic mass is 10.2. The van der Waals surface area contributed by atoms with Crippen molar-refractivity contribution in [2.75, 3.05) is 23.8 Å². The van der Waals surface area contributed by atoms with Crippen LogP contribution in [0.25, 0.3) is 0 Å². The first-order valence-corrected chi connectivity index (χ1v) is 8.20. The molecule has 28 heavy (non-hydrogen) atoms. The lowest BCUT2D eigenvalue weighted by Crippen LogP contribution is -2.35. The molecule has 3 N–H and O–H groups in total. The number of anilines is 2.